The van der Waals surface area contributed by atoms with Crippen molar-refractivity contribution < 1.29 is 14.3 Å². The molecule has 1 fully saturated rings. The van der Waals surface area contributed by atoms with Crippen LogP contribution >= 0.6 is 0 Å². The number of hydrogen-bond donors (Lipinski definition) is 0. The van der Waals surface area contributed by atoms with Crippen molar-refractivity contribution in [3.63, 3.8) is 0 Å². The summed E-state index contributed by atoms with van der Waals surface area (Å²) in [5.74, 6) is 1.53. The van der Waals surface area contributed by atoms with E-state index in [1.807, 2.05) is 23.1 Å². The van der Waals surface area contributed by atoms with Gasteiger partial charge in [-0.1, -0.05) is 26.0 Å². The van der Waals surface area contributed by atoms with Gasteiger partial charge >= 0.3 is 0 Å². The first-order chi connectivity index (χ1) is 11.1. The fraction of sp³-hybridized carbons (Fsp3) is 0.611. The van der Waals surface area contributed by atoms with Crippen LogP contribution in [-0.2, 0) is 9.53 Å². The van der Waals surface area contributed by atoms with Gasteiger partial charge in [-0.15, -0.1) is 0 Å². The maximum atomic E-state index is 12.8. The summed E-state index contributed by atoms with van der Waals surface area (Å²) in [7, 11) is 0. The van der Waals surface area contributed by atoms with Crippen LogP contribution in [0.25, 0.3) is 0 Å². The largest absolute Gasteiger partial charge is 0.477 e. The first-order valence-electron chi connectivity index (χ1n) is 8.52. The van der Waals surface area contributed by atoms with Crippen molar-refractivity contribution >= 4 is 11.6 Å². The van der Waals surface area contributed by atoms with Gasteiger partial charge in [-0.05, 0) is 24.5 Å². The second-order valence-corrected chi connectivity index (χ2v) is 6.64. The van der Waals surface area contributed by atoms with E-state index in [0.717, 1.165) is 24.4 Å². The Morgan fingerprint density at radius 3 is 2.74 bits per heavy atom. The molecular weight excluding hydrogens is 292 g/mol. The summed E-state index contributed by atoms with van der Waals surface area (Å²) in [5.41, 5.74) is 1.10. The Bertz CT molecular complexity index is 541. The van der Waals surface area contributed by atoms with Gasteiger partial charge in [0.1, 0.15) is 5.75 Å². The van der Waals surface area contributed by atoms with Crippen LogP contribution in [0.1, 0.15) is 20.3 Å². The zero-order valence-corrected chi connectivity index (χ0v) is 14.0. The molecule has 2 aliphatic rings. The van der Waals surface area contributed by atoms with Crippen molar-refractivity contribution in [1.82, 2.24) is 4.90 Å². The van der Waals surface area contributed by atoms with Gasteiger partial charge in [0, 0.05) is 19.6 Å². The second kappa shape index (κ2) is 7.21. The van der Waals surface area contributed by atoms with Gasteiger partial charge in [0.05, 0.1) is 25.4 Å². The summed E-state index contributed by atoms with van der Waals surface area (Å²) in [4.78, 5) is 16.9. The molecule has 126 valence electrons. The van der Waals surface area contributed by atoms with Crippen LogP contribution < -0.4 is 9.64 Å². The summed E-state index contributed by atoms with van der Waals surface area (Å²) in [6.07, 6.45) is 0.683. The smallest absolute Gasteiger partial charge is 0.265 e. The van der Waals surface area contributed by atoms with E-state index >= 15 is 0 Å². The molecule has 2 aliphatic heterocycles. The predicted octanol–water partition coefficient (Wildman–Crippen LogP) is 2.16. The summed E-state index contributed by atoms with van der Waals surface area (Å²) >= 11 is 0. The zero-order chi connectivity index (χ0) is 16.2. The van der Waals surface area contributed by atoms with Crippen LogP contribution in [-0.4, -0.2) is 56.3 Å². The van der Waals surface area contributed by atoms with E-state index in [2.05, 4.69) is 24.8 Å². The number of amides is 1. The highest BCUT2D eigenvalue weighted by molar-refractivity contribution is 5.83. The maximum absolute atomic E-state index is 12.8. The number of hydrogen-bond acceptors (Lipinski definition) is 4. The number of carbonyl (C=O) groups is 1. The van der Waals surface area contributed by atoms with Crippen molar-refractivity contribution in [3.05, 3.63) is 24.3 Å². The molecule has 1 aromatic carbocycles. The lowest BCUT2D eigenvalue weighted by Gasteiger charge is -2.38. The second-order valence-electron chi connectivity index (χ2n) is 6.64. The van der Waals surface area contributed by atoms with Crippen molar-refractivity contribution in [2.24, 2.45) is 5.92 Å². The number of rotatable bonds is 4. The maximum Gasteiger partial charge on any atom is 0.265 e. The molecule has 5 heteroatoms. The van der Waals surface area contributed by atoms with Gasteiger partial charge in [0.2, 0.25) is 0 Å². The molecule has 0 bridgehead atoms. The molecule has 5 nitrogen and oxygen atoms in total. The van der Waals surface area contributed by atoms with E-state index in [1.165, 1.54) is 0 Å². The number of anilines is 1. The Balaban J connectivity index is 1.74. The molecule has 1 atom stereocenters. The summed E-state index contributed by atoms with van der Waals surface area (Å²) in [5, 5.41) is 0. The molecule has 0 aliphatic carbocycles. The van der Waals surface area contributed by atoms with Gasteiger partial charge in [-0.3, -0.25) is 4.79 Å². The summed E-state index contributed by atoms with van der Waals surface area (Å²) < 4.78 is 11.3. The lowest BCUT2D eigenvalue weighted by Crippen LogP contribution is -2.53. The molecule has 0 radical (unpaired) electrons. The summed E-state index contributed by atoms with van der Waals surface area (Å²) in [6.45, 7) is 8.58. The first kappa shape index (κ1) is 16.1. The van der Waals surface area contributed by atoms with Gasteiger partial charge in [-0.25, -0.2) is 0 Å². The van der Waals surface area contributed by atoms with Crippen molar-refractivity contribution in [2.45, 2.75) is 26.4 Å². The number of benzene rings is 1. The molecule has 1 amide bonds. The minimum atomic E-state index is -0.421. The van der Waals surface area contributed by atoms with Crippen LogP contribution in [0, 0.1) is 5.92 Å². The Kier molecular flexibility index (Phi) is 5.06. The molecule has 1 aromatic rings. The molecule has 0 saturated carbocycles. The lowest BCUT2D eigenvalue weighted by molar-refractivity contribution is -0.142. The molecular formula is C18H26N2O3. The molecule has 23 heavy (non-hydrogen) atoms. The van der Waals surface area contributed by atoms with Gasteiger partial charge in [0.15, 0.2) is 6.10 Å². The highest BCUT2D eigenvalue weighted by Crippen LogP contribution is 2.33. The van der Waals surface area contributed by atoms with Gasteiger partial charge in [-0.2, -0.15) is 0 Å². The predicted molar refractivity (Wildman–Crippen MR) is 89.9 cm³/mol. The van der Waals surface area contributed by atoms with Crippen LogP contribution in [0.5, 0.6) is 5.75 Å². The number of para-hydroxylation sites is 2. The standard InChI is InChI=1S/C18H26N2O3/c1-14(2)7-8-20-13-17(18(21)19-9-11-22-12-10-19)23-16-6-4-3-5-15(16)20/h3-6,14,17H,7-13H2,1-2H3. The Morgan fingerprint density at radius 1 is 1.26 bits per heavy atom. The Hall–Kier alpha value is -1.75. The van der Waals surface area contributed by atoms with Crippen molar-refractivity contribution in [2.75, 3.05) is 44.3 Å². The lowest BCUT2D eigenvalue weighted by atomic mass is 10.1. The third-order valence-electron chi connectivity index (χ3n) is 4.44. The molecule has 0 spiro atoms. The van der Waals surface area contributed by atoms with Gasteiger partial charge in [0.25, 0.3) is 5.91 Å². The van der Waals surface area contributed by atoms with E-state index in [9.17, 15) is 4.79 Å². The third-order valence-corrected chi connectivity index (χ3v) is 4.44. The minimum Gasteiger partial charge on any atom is -0.477 e. The quantitative estimate of drug-likeness (QED) is 0.853. The highest BCUT2D eigenvalue weighted by Gasteiger charge is 2.33. The summed E-state index contributed by atoms with van der Waals surface area (Å²) in [6, 6.07) is 8.01. The van der Waals surface area contributed by atoms with E-state index in [4.69, 9.17) is 9.47 Å². The van der Waals surface area contributed by atoms with E-state index in [0.29, 0.717) is 38.8 Å². The third kappa shape index (κ3) is 3.78. The topological polar surface area (TPSA) is 42.0 Å². The molecule has 1 unspecified atom stereocenters. The number of fused-ring (bicyclic) bond motifs is 1. The molecule has 0 aromatic heterocycles. The molecule has 0 N–H and O–H groups in total. The van der Waals surface area contributed by atoms with Crippen LogP contribution in [0.4, 0.5) is 5.69 Å². The molecule has 3 rings (SSSR count). The number of carbonyl (C=O) groups excluding carboxylic acids is 1. The number of ether oxygens (including phenoxy) is 2. The normalized spacial score (nSPS) is 21.1. The minimum absolute atomic E-state index is 0.0809. The van der Waals surface area contributed by atoms with Crippen LogP contribution in [0.2, 0.25) is 0 Å². The van der Waals surface area contributed by atoms with Crippen molar-refractivity contribution in [1.29, 1.82) is 0 Å². The monoisotopic (exact) mass is 318 g/mol. The first-order valence-corrected chi connectivity index (χ1v) is 8.52. The highest BCUT2D eigenvalue weighted by atomic mass is 16.5. The van der Waals surface area contributed by atoms with Crippen LogP contribution in [0.3, 0.4) is 0 Å². The zero-order valence-electron chi connectivity index (χ0n) is 14.0. The number of nitrogens with zero attached hydrogens (tertiary/aromatic N) is 2. The molecule has 1 saturated heterocycles. The van der Waals surface area contributed by atoms with E-state index < -0.39 is 6.10 Å². The average molecular weight is 318 g/mol. The Labute approximate surface area is 138 Å². The SMILES string of the molecule is CC(C)CCN1CC(C(=O)N2CCOCC2)Oc2ccccc21. The van der Waals surface area contributed by atoms with E-state index in [1.54, 1.807) is 0 Å². The Morgan fingerprint density at radius 2 is 2.00 bits per heavy atom. The van der Waals surface area contributed by atoms with Gasteiger partial charge < -0.3 is 19.3 Å². The van der Waals surface area contributed by atoms with E-state index in [-0.39, 0.29) is 5.91 Å². The van der Waals surface area contributed by atoms with Crippen LogP contribution in [0.15, 0.2) is 24.3 Å². The molecule has 2 heterocycles. The fourth-order valence-electron chi connectivity index (χ4n) is 3.05. The fourth-order valence-corrected chi connectivity index (χ4v) is 3.05. The van der Waals surface area contributed by atoms with Crippen molar-refractivity contribution in [3.8, 4) is 5.75 Å². The number of morpholine rings is 1. The average Bonchev–Trinajstić information content (AvgIpc) is 2.59.